The molecule has 0 spiro atoms. The van der Waals surface area contributed by atoms with Crippen molar-refractivity contribution >= 4 is 42.6 Å². The third-order valence-electron chi connectivity index (χ3n) is 14.9. The lowest BCUT2D eigenvalue weighted by molar-refractivity contribution is -0.199. The highest BCUT2D eigenvalue weighted by Gasteiger charge is 2.68. The summed E-state index contributed by atoms with van der Waals surface area (Å²) in [6.45, 7) is 12.1. The number of aromatic hydroxyl groups is 1. The number of aliphatic hydroxyl groups excluding tert-OH is 1. The van der Waals surface area contributed by atoms with Gasteiger partial charge in [-0.05, 0) is 136 Å². The summed E-state index contributed by atoms with van der Waals surface area (Å²) < 4.78 is 12.9. The number of amides is 6. The molecule has 0 aromatic heterocycles. The van der Waals surface area contributed by atoms with Gasteiger partial charge in [0.25, 0.3) is 11.8 Å². The van der Waals surface area contributed by atoms with Crippen LogP contribution in [0.3, 0.4) is 0 Å². The van der Waals surface area contributed by atoms with Gasteiger partial charge in [-0.2, -0.15) is 0 Å². The molecule has 3 aromatic rings. The van der Waals surface area contributed by atoms with Gasteiger partial charge in [0.2, 0.25) is 23.6 Å². The summed E-state index contributed by atoms with van der Waals surface area (Å²) in [5, 5.41) is 36.3. The summed E-state index contributed by atoms with van der Waals surface area (Å²) in [5.74, 6) is -4.01. The van der Waals surface area contributed by atoms with Crippen LogP contribution in [0.25, 0.3) is 11.1 Å². The minimum Gasteiger partial charge on any atom is -0.508 e. The molecule has 4 fully saturated rings. The molecule has 6 amide bonds. The maximum atomic E-state index is 14.0. The fraction of sp³-hybridized carbons (Fsp3) is 0.547. The first kappa shape index (κ1) is 55.5. The molecule has 2 unspecified atom stereocenters. The first-order chi connectivity index (χ1) is 34.2. The number of phenolic OH excluding ortho intramolecular Hbond substituents is 1. The minimum absolute atomic E-state index is 0.0103. The standard InChI is InChI=1S/C53H75BN8O10/c1-7-8-11-33-13-17-35(18-14-33)36-19-21-37(22-20-36)47(66)57-27-25-44(65)59-40(12-9-10-26-55)48(67)61-45(31(2)63)50(69)62-46(56)51(70)60-41(28-34-15-23-39(64)24-16-34)49(68)58-32(3)54-71-43-30-38-29-42(52(38,4)5)53(43,6)72-54/h13-24,31-32,38,40-43,45-46,63-64H,7-12,25-30,55-56H2,1-6H3,(H,57,66)(H,58,68)(H,59,65)(H,60,70)(H,61,67)(H,62,69)/t31-,32+,38+,40+,41?,42+,43?,45+,46-,53+/m1/s1. The van der Waals surface area contributed by atoms with E-state index in [0.717, 1.165) is 43.2 Å². The first-order valence-electron chi connectivity index (χ1n) is 25.5. The van der Waals surface area contributed by atoms with Crippen molar-refractivity contribution in [1.29, 1.82) is 0 Å². The van der Waals surface area contributed by atoms with E-state index in [1.54, 1.807) is 31.2 Å². The van der Waals surface area contributed by atoms with Crippen LogP contribution in [-0.2, 0) is 46.1 Å². The number of phenols is 1. The van der Waals surface area contributed by atoms with Gasteiger partial charge in [-0.15, -0.1) is 0 Å². The van der Waals surface area contributed by atoms with Gasteiger partial charge in [0, 0.05) is 24.9 Å². The molecular weight excluding hydrogens is 919 g/mol. The number of carbonyl (C=O) groups is 6. The van der Waals surface area contributed by atoms with Crippen molar-refractivity contribution in [2.45, 2.75) is 154 Å². The molecule has 0 radical (unpaired) electrons. The first-order valence-corrected chi connectivity index (χ1v) is 25.5. The van der Waals surface area contributed by atoms with E-state index in [0.29, 0.717) is 42.3 Å². The van der Waals surface area contributed by atoms with E-state index in [4.69, 9.17) is 20.8 Å². The predicted molar refractivity (Wildman–Crippen MR) is 273 cm³/mol. The quantitative estimate of drug-likeness (QED) is 0.0333. The second-order valence-corrected chi connectivity index (χ2v) is 20.6. The molecular formula is C53H75BN8O10. The number of hydrogen-bond donors (Lipinski definition) is 10. The molecule has 1 heterocycles. The highest BCUT2D eigenvalue weighted by Crippen LogP contribution is 2.65. The highest BCUT2D eigenvalue weighted by molar-refractivity contribution is 6.47. The highest BCUT2D eigenvalue weighted by atomic mass is 16.7. The van der Waals surface area contributed by atoms with Gasteiger partial charge in [-0.1, -0.05) is 75.7 Å². The Bertz CT molecular complexity index is 2350. The van der Waals surface area contributed by atoms with Crippen molar-refractivity contribution in [3.8, 4) is 16.9 Å². The third kappa shape index (κ3) is 13.8. The molecule has 72 heavy (non-hydrogen) atoms. The van der Waals surface area contributed by atoms with Crippen molar-refractivity contribution in [3.63, 3.8) is 0 Å². The Kier molecular flexibility index (Phi) is 19.0. The third-order valence-corrected chi connectivity index (χ3v) is 14.9. The summed E-state index contributed by atoms with van der Waals surface area (Å²) >= 11 is 0. The van der Waals surface area contributed by atoms with Crippen LogP contribution in [0.2, 0.25) is 0 Å². The van der Waals surface area contributed by atoms with Crippen LogP contribution < -0.4 is 43.4 Å². The Morgan fingerprint density at radius 2 is 1.40 bits per heavy atom. The minimum atomic E-state index is -1.75. The van der Waals surface area contributed by atoms with Crippen LogP contribution in [-0.4, -0.2) is 114 Å². The number of unbranched alkanes of at least 4 members (excludes halogenated alkanes) is 2. The second-order valence-electron chi connectivity index (χ2n) is 20.6. The van der Waals surface area contributed by atoms with Crippen LogP contribution in [0.1, 0.15) is 114 Å². The zero-order valence-corrected chi connectivity index (χ0v) is 42.5. The lowest BCUT2D eigenvalue weighted by atomic mass is 9.43. The van der Waals surface area contributed by atoms with Crippen LogP contribution in [0.5, 0.6) is 5.75 Å². The number of nitrogens with two attached hydrogens (primary N) is 2. The van der Waals surface area contributed by atoms with E-state index < -0.39 is 78.6 Å². The summed E-state index contributed by atoms with van der Waals surface area (Å²) in [7, 11) is -0.737. The van der Waals surface area contributed by atoms with Crippen molar-refractivity contribution < 1.29 is 48.3 Å². The van der Waals surface area contributed by atoms with E-state index >= 15 is 0 Å². The molecule has 3 aromatic carbocycles. The number of nitrogens with one attached hydrogen (secondary N) is 6. The predicted octanol–water partition coefficient (Wildman–Crippen LogP) is 2.90. The summed E-state index contributed by atoms with van der Waals surface area (Å²) in [4.78, 5) is 81.0. The molecule has 7 rings (SSSR count). The van der Waals surface area contributed by atoms with Crippen LogP contribution in [0.4, 0.5) is 0 Å². The number of aryl methyl sites for hydroxylation is 1. The van der Waals surface area contributed by atoms with Crippen molar-refractivity contribution in [2.75, 3.05) is 13.1 Å². The summed E-state index contributed by atoms with van der Waals surface area (Å²) in [6, 6.07) is 17.6. The number of benzene rings is 3. The molecule has 10 atom stereocenters. The van der Waals surface area contributed by atoms with E-state index in [2.05, 4.69) is 83.9 Å². The van der Waals surface area contributed by atoms with E-state index in [1.807, 2.05) is 12.1 Å². The lowest BCUT2D eigenvalue weighted by Crippen LogP contribution is -2.65. The average Bonchev–Trinajstić information content (AvgIpc) is 3.72. The maximum Gasteiger partial charge on any atom is 0.481 e. The normalized spacial score (nSPS) is 22.1. The number of aliphatic hydroxyl groups is 1. The maximum absolute atomic E-state index is 14.0. The van der Waals surface area contributed by atoms with Gasteiger partial charge in [-0.3, -0.25) is 28.8 Å². The van der Waals surface area contributed by atoms with Gasteiger partial charge in [0.15, 0.2) is 6.17 Å². The molecule has 19 heteroatoms. The molecule has 390 valence electrons. The largest absolute Gasteiger partial charge is 0.508 e. The van der Waals surface area contributed by atoms with Crippen molar-refractivity contribution in [3.05, 3.63) is 89.5 Å². The number of carbonyl (C=O) groups excluding carboxylic acids is 6. The van der Waals surface area contributed by atoms with Crippen molar-refractivity contribution in [1.82, 2.24) is 31.9 Å². The zero-order chi connectivity index (χ0) is 52.3. The topological polar surface area (TPSA) is 286 Å². The molecule has 3 saturated carbocycles. The van der Waals surface area contributed by atoms with Gasteiger partial charge in [-0.25, -0.2) is 0 Å². The zero-order valence-electron chi connectivity index (χ0n) is 42.5. The smallest absolute Gasteiger partial charge is 0.481 e. The average molecular weight is 995 g/mol. The Hall–Kier alpha value is -5.86. The van der Waals surface area contributed by atoms with Crippen LogP contribution in [0.15, 0.2) is 72.8 Å². The van der Waals surface area contributed by atoms with E-state index in [1.165, 1.54) is 24.6 Å². The monoisotopic (exact) mass is 995 g/mol. The fourth-order valence-corrected chi connectivity index (χ4v) is 10.3. The van der Waals surface area contributed by atoms with Gasteiger partial charge >= 0.3 is 7.12 Å². The molecule has 2 bridgehead atoms. The Balaban J connectivity index is 1.01. The second kappa shape index (κ2) is 24.7. The number of hydrogen-bond acceptors (Lipinski definition) is 12. The van der Waals surface area contributed by atoms with Crippen LogP contribution >= 0.6 is 0 Å². The summed E-state index contributed by atoms with van der Waals surface area (Å²) in [6.07, 6.45) is 2.81. The van der Waals surface area contributed by atoms with E-state index in [-0.39, 0.29) is 49.0 Å². The SMILES string of the molecule is CCCCc1ccc(-c2ccc(C(=O)NCCC(=O)N[C@@H](CCCCN)C(=O)N[C@H](C(=O)N[C@@H](N)C(=O)NC(Cc3ccc(O)cc3)C(=O)N[C@@H](C)B3OC4C[C@@H]5C[C@@H](C5(C)C)[C@]4(C)O3)[C@@H](C)O)cc2)cc1. The molecule has 4 aliphatic rings. The lowest BCUT2D eigenvalue weighted by Gasteiger charge is -2.64. The molecule has 3 aliphatic carbocycles. The van der Waals surface area contributed by atoms with Gasteiger partial charge in [0.1, 0.15) is 23.9 Å². The van der Waals surface area contributed by atoms with Crippen LogP contribution in [0, 0.1) is 17.3 Å². The molecule has 1 aliphatic heterocycles. The molecule has 12 N–H and O–H groups in total. The Morgan fingerprint density at radius 1 is 0.764 bits per heavy atom. The molecule has 18 nitrogen and oxygen atoms in total. The Morgan fingerprint density at radius 3 is 2.03 bits per heavy atom. The Labute approximate surface area is 423 Å². The molecule has 1 saturated heterocycles. The van der Waals surface area contributed by atoms with E-state index in [9.17, 15) is 39.0 Å². The summed E-state index contributed by atoms with van der Waals surface area (Å²) in [5.41, 5.74) is 15.8. The fourth-order valence-electron chi connectivity index (χ4n) is 10.3. The number of rotatable bonds is 25. The van der Waals surface area contributed by atoms with Gasteiger partial charge < -0.3 is 62.9 Å². The van der Waals surface area contributed by atoms with Gasteiger partial charge in [0.05, 0.1) is 23.8 Å². The van der Waals surface area contributed by atoms with Crippen molar-refractivity contribution in [2.24, 2.45) is 28.7 Å².